The monoisotopic (exact) mass is 233 g/mol. The van der Waals surface area contributed by atoms with E-state index in [1.54, 1.807) is 0 Å². The van der Waals surface area contributed by atoms with E-state index in [0.29, 0.717) is 0 Å². The molecule has 1 aromatic carbocycles. The van der Waals surface area contributed by atoms with E-state index in [0.717, 1.165) is 12.5 Å². The molecule has 0 saturated carbocycles. The van der Waals surface area contributed by atoms with Gasteiger partial charge >= 0.3 is 0 Å². The van der Waals surface area contributed by atoms with Gasteiger partial charge in [-0.2, -0.15) is 0 Å². The van der Waals surface area contributed by atoms with Crippen molar-refractivity contribution in [2.45, 2.75) is 46.0 Å². The van der Waals surface area contributed by atoms with Gasteiger partial charge in [-0.15, -0.1) is 0 Å². The van der Waals surface area contributed by atoms with Gasteiger partial charge in [0.05, 0.1) is 0 Å². The molecule has 1 atom stereocenters. The molecule has 0 fully saturated rings. The first kappa shape index (κ1) is 14.2. The predicted octanol–water partition coefficient (Wildman–Crippen LogP) is 3.82. The summed E-state index contributed by atoms with van der Waals surface area (Å²) >= 11 is 0. The Morgan fingerprint density at radius 1 is 1.00 bits per heavy atom. The zero-order chi connectivity index (χ0) is 12.5. The van der Waals surface area contributed by atoms with Gasteiger partial charge in [-0.1, -0.05) is 44.5 Å². The minimum Gasteiger partial charge on any atom is -0.320 e. The van der Waals surface area contributed by atoms with E-state index in [-0.39, 0.29) is 0 Å². The van der Waals surface area contributed by atoms with E-state index >= 15 is 0 Å². The summed E-state index contributed by atoms with van der Waals surface area (Å²) in [7, 11) is 2.03. The normalized spacial score (nSPS) is 12.6. The molecule has 1 N–H and O–H groups in total. The maximum Gasteiger partial charge on any atom is -0.00494 e. The molecule has 0 amide bonds. The van der Waals surface area contributed by atoms with Gasteiger partial charge in [-0.05, 0) is 56.3 Å². The molecule has 1 rings (SSSR count). The highest BCUT2D eigenvalue weighted by atomic mass is 14.8. The smallest absolute Gasteiger partial charge is 0.00494 e. The van der Waals surface area contributed by atoms with Gasteiger partial charge in [0.2, 0.25) is 0 Å². The van der Waals surface area contributed by atoms with Gasteiger partial charge in [0.25, 0.3) is 0 Å². The first-order chi connectivity index (χ1) is 8.26. The van der Waals surface area contributed by atoms with Crippen LogP contribution in [0, 0.1) is 5.92 Å². The molecule has 0 aliphatic rings. The Labute approximate surface area is 107 Å². The van der Waals surface area contributed by atoms with Crippen molar-refractivity contribution in [3.8, 4) is 0 Å². The number of rotatable bonds is 8. The quantitative estimate of drug-likeness (QED) is 0.720. The number of aryl methyl sites for hydroxylation is 2. The van der Waals surface area contributed by atoms with Crippen LogP contribution in [-0.2, 0) is 12.8 Å². The zero-order valence-corrected chi connectivity index (χ0v) is 11.6. The summed E-state index contributed by atoms with van der Waals surface area (Å²) in [6.07, 6.45) is 6.25. The molecule has 17 heavy (non-hydrogen) atoms. The summed E-state index contributed by atoms with van der Waals surface area (Å²) in [6, 6.07) is 9.18. The van der Waals surface area contributed by atoms with Gasteiger partial charge in [-0.25, -0.2) is 0 Å². The Morgan fingerprint density at radius 2 is 1.59 bits per heavy atom. The van der Waals surface area contributed by atoms with Crippen molar-refractivity contribution in [2.24, 2.45) is 5.92 Å². The van der Waals surface area contributed by atoms with Gasteiger partial charge in [0, 0.05) is 0 Å². The Bertz CT molecular complexity index is 289. The maximum absolute atomic E-state index is 3.22. The molecule has 96 valence electrons. The fourth-order valence-electron chi connectivity index (χ4n) is 2.11. The summed E-state index contributed by atoms with van der Waals surface area (Å²) in [5, 5.41) is 3.22. The average molecular weight is 233 g/mol. The first-order valence-corrected chi connectivity index (χ1v) is 6.98. The molecule has 0 aliphatic carbocycles. The Hall–Kier alpha value is -0.820. The van der Waals surface area contributed by atoms with Crippen LogP contribution in [0.2, 0.25) is 0 Å². The first-order valence-electron chi connectivity index (χ1n) is 6.98. The van der Waals surface area contributed by atoms with Crippen LogP contribution < -0.4 is 5.32 Å². The fraction of sp³-hybridized carbons (Fsp3) is 0.625. The largest absolute Gasteiger partial charge is 0.320 e. The Balaban J connectivity index is 2.31. The molecule has 1 nitrogen and oxygen atoms in total. The topological polar surface area (TPSA) is 12.0 Å². The van der Waals surface area contributed by atoms with Crippen LogP contribution in [0.25, 0.3) is 0 Å². The van der Waals surface area contributed by atoms with Crippen LogP contribution in [0.15, 0.2) is 24.3 Å². The molecule has 0 bridgehead atoms. The highest BCUT2D eigenvalue weighted by molar-refractivity contribution is 5.22. The molecule has 0 saturated heterocycles. The average Bonchev–Trinajstić information content (AvgIpc) is 2.36. The second-order valence-corrected chi connectivity index (χ2v) is 5.10. The van der Waals surface area contributed by atoms with Crippen molar-refractivity contribution in [3.63, 3.8) is 0 Å². The van der Waals surface area contributed by atoms with Gasteiger partial charge in [0.15, 0.2) is 0 Å². The number of nitrogens with one attached hydrogen (secondary N) is 1. The minimum atomic E-state index is 0.817. The van der Waals surface area contributed by atoms with Crippen LogP contribution in [-0.4, -0.2) is 13.6 Å². The Morgan fingerprint density at radius 3 is 2.12 bits per heavy atom. The molecule has 0 aromatic heterocycles. The highest BCUT2D eigenvalue weighted by Crippen LogP contribution is 2.13. The van der Waals surface area contributed by atoms with Crippen molar-refractivity contribution in [1.29, 1.82) is 0 Å². The summed E-state index contributed by atoms with van der Waals surface area (Å²) in [5.41, 5.74) is 2.96. The Kier molecular flexibility index (Phi) is 6.95. The van der Waals surface area contributed by atoms with E-state index < -0.39 is 0 Å². The van der Waals surface area contributed by atoms with Crippen LogP contribution in [0.1, 0.15) is 44.2 Å². The second kappa shape index (κ2) is 8.30. The summed E-state index contributed by atoms with van der Waals surface area (Å²) in [6.45, 7) is 5.72. The SMILES string of the molecule is CCCc1ccc(CCC(C)CCNC)cc1. The second-order valence-electron chi connectivity index (χ2n) is 5.10. The third kappa shape index (κ3) is 5.88. The molecule has 0 aliphatic heterocycles. The van der Waals surface area contributed by atoms with Crippen molar-refractivity contribution < 1.29 is 0 Å². The molecule has 0 heterocycles. The number of benzene rings is 1. The minimum absolute atomic E-state index is 0.817. The van der Waals surface area contributed by atoms with Crippen molar-refractivity contribution in [1.82, 2.24) is 5.32 Å². The lowest BCUT2D eigenvalue weighted by Crippen LogP contribution is -2.11. The van der Waals surface area contributed by atoms with Crippen LogP contribution in [0.4, 0.5) is 0 Å². The lowest BCUT2D eigenvalue weighted by atomic mass is 9.97. The van der Waals surface area contributed by atoms with Gasteiger partial charge in [-0.3, -0.25) is 0 Å². The predicted molar refractivity (Wildman–Crippen MR) is 76.5 cm³/mol. The standard InChI is InChI=1S/C16H27N/c1-4-5-15-8-10-16(11-9-15)7-6-14(2)12-13-17-3/h8-11,14,17H,4-7,12-13H2,1-3H3. The van der Waals surface area contributed by atoms with Gasteiger partial charge in [0.1, 0.15) is 0 Å². The van der Waals surface area contributed by atoms with Crippen molar-refractivity contribution in [3.05, 3.63) is 35.4 Å². The molecular formula is C16H27N. The number of hydrogen-bond donors (Lipinski definition) is 1. The van der Waals surface area contributed by atoms with E-state index in [4.69, 9.17) is 0 Å². The maximum atomic E-state index is 3.22. The summed E-state index contributed by atoms with van der Waals surface area (Å²) < 4.78 is 0. The van der Waals surface area contributed by atoms with E-state index in [9.17, 15) is 0 Å². The summed E-state index contributed by atoms with van der Waals surface area (Å²) in [4.78, 5) is 0. The fourth-order valence-corrected chi connectivity index (χ4v) is 2.11. The zero-order valence-electron chi connectivity index (χ0n) is 11.6. The molecular weight excluding hydrogens is 206 g/mol. The summed E-state index contributed by atoms with van der Waals surface area (Å²) in [5.74, 6) is 0.817. The van der Waals surface area contributed by atoms with Crippen LogP contribution in [0.3, 0.4) is 0 Å². The molecule has 0 radical (unpaired) electrons. The molecule has 1 heteroatoms. The van der Waals surface area contributed by atoms with E-state index in [1.165, 1.54) is 43.2 Å². The van der Waals surface area contributed by atoms with E-state index in [2.05, 4.69) is 43.4 Å². The molecule has 1 unspecified atom stereocenters. The lowest BCUT2D eigenvalue weighted by Gasteiger charge is -2.11. The molecule has 1 aromatic rings. The van der Waals surface area contributed by atoms with Crippen molar-refractivity contribution >= 4 is 0 Å². The van der Waals surface area contributed by atoms with Crippen molar-refractivity contribution in [2.75, 3.05) is 13.6 Å². The third-order valence-electron chi connectivity index (χ3n) is 3.37. The van der Waals surface area contributed by atoms with Crippen LogP contribution >= 0.6 is 0 Å². The molecule has 0 spiro atoms. The third-order valence-corrected chi connectivity index (χ3v) is 3.37. The lowest BCUT2D eigenvalue weighted by molar-refractivity contribution is 0.482. The van der Waals surface area contributed by atoms with E-state index in [1.807, 2.05) is 7.05 Å². The number of hydrogen-bond acceptors (Lipinski definition) is 1. The highest BCUT2D eigenvalue weighted by Gasteiger charge is 2.02. The van der Waals surface area contributed by atoms with Gasteiger partial charge < -0.3 is 5.32 Å². The van der Waals surface area contributed by atoms with Crippen LogP contribution in [0.5, 0.6) is 0 Å².